The Morgan fingerprint density at radius 2 is 1.82 bits per heavy atom. The first kappa shape index (κ1) is 26.7. The average molecular weight is 533 g/mol. The maximum Gasteiger partial charge on any atom is 0.277 e. The Kier molecular flexibility index (Phi) is 7.69. The van der Waals surface area contributed by atoms with E-state index >= 15 is 0 Å². The second-order valence-electron chi connectivity index (χ2n) is 8.77. The number of hydrogen-bond donors (Lipinski definition) is 1. The minimum atomic E-state index is -4.47. The fourth-order valence-corrected chi connectivity index (χ4v) is 5.55. The summed E-state index contributed by atoms with van der Waals surface area (Å²) in [5.74, 6) is -1.24. The Hall–Kier alpha value is -4.36. The van der Waals surface area contributed by atoms with Crippen molar-refractivity contribution in [3.8, 4) is 23.1 Å². The van der Waals surface area contributed by atoms with Crippen LogP contribution in [-0.4, -0.2) is 28.1 Å². The van der Waals surface area contributed by atoms with Crippen molar-refractivity contribution in [1.29, 1.82) is 5.26 Å². The SMILES string of the molecule is CCCCc1nc(O)c(S(=O)(=O)c2ccc(-c3ccc(F)nc3)cc2)c(=O)n1C(C)c1cccc(C#N)c1. The van der Waals surface area contributed by atoms with Crippen LogP contribution in [0.1, 0.15) is 49.7 Å². The smallest absolute Gasteiger partial charge is 0.277 e. The van der Waals surface area contributed by atoms with Crippen molar-refractivity contribution < 1.29 is 17.9 Å². The number of rotatable bonds is 8. The predicted molar refractivity (Wildman–Crippen MR) is 139 cm³/mol. The molecule has 0 radical (unpaired) electrons. The second-order valence-corrected chi connectivity index (χ2v) is 10.7. The quantitative estimate of drug-likeness (QED) is 0.323. The lowest BCUT2D eigenvalue weighted by Gasteiger charge is -2.21. The minimum absolute atomic E-state index is 0.211. The van der Waals surface area contributed by atoms with Gasteiger partial charge in [0, 0.05) is 18.2 Å². The molecular formula is C28H25FN4O4S. The van der Waals surface area contributed by atoms with Gasteiger partial charge in [-0.1, -0.05) is 37.6 Å². The summed E-state index contributed by atoms with van der Waals surface area (Å²) in [5, 5.41) is 20.0. The van der Waals surface area contributed by atoms with Gasteiger partial charge >= 0.3 is 0 Å². The molecule has 194 valence electrons. The third-order valence-corrected chi connectivity index (χ3v) is 8.05. The summed E-state index contributed by atoms with van der Waals surface area (Å²) >= 11 is 0. The molecule has 0 spiro atoms. The number of nitrogens with zero attached hydrogens (tertiary/aromatic N) is 4. The highest BCUT2D eigenvalue weighted by atomic mass is 32.2. The van der Waals surface area contributed by atoms with Crippen molar-refractivity contribution in [3.05, 3.63) is 100 Å². The maximum absolute atomic E-state index is 13.8. The molecule has 0 saturated heterocycles. The summed E-state index contributed by atoms with van der Waals surface area (Å²) in [6.07, 6.45) is 3.14. The standard InChI is InChI=1S/C28H25FN4O4S/c1-3-4-8-25-32-27(34)26(28(35)33(25)18(2)21-7-5-6-19(15-21)16-30)38(36,37)23-12-9-20(10-13-23)22-11-14-24(29)31-17-22/h5-7,9-15,17-18,34H,3-4,8H2,1-2H3. The first-order valence-corrected chi connectivity index (χ1v) is 13.5. The number of aromatic nitrogens is 3. The van der Waals surface area contributed by atoms with Crippen molar-refractivity contribution in [3.63, 3.8) is 0 Å². The van der Waals surface area contributed by atoms with Crippen LogP contribution in [0.2, 0.25) is 0 Å². The number of aromatic hydroxyl groups is 1. The van der Waals surface area contributed by atoms with Gasteiger partial charge < -0.3 is 5.11 Å². The predicted octanol–water partition coefficient (Wildman–Crippen LogP) is 4.81. The van der Waals surface area contributed by atoms with Gasteiger partial charge in [0.05, 0.1) is 22.6 Å². The lowest BCUT2D eigenvalue weighted by atomic mass is 10.0. The molecule has 0 aliphatic rings. The first-order valence-electron chi connectivity index (χ1n) is 12.0. The van der Waals surface area contributed by atoms with Gasteiger partial charge in [0.2, 0.25) is 21.7 Å². The monoisotopic (exact) mass is 532 g/mol. The summed E-state index contributed by atoms with van der Waals surface area (Å²) in [6.45, 7) is 3.68. The molecule has 38 heavy (non-hydrogen) atoms. The molecule has 0 aliphatic carbocycles. The van der Waals surface area contributed by atoms with E-state index in [1.54, 1.807) is 31.2 Å². The summed E-state index contributed by atoms with van der Waals surface area (Å²) in [5.41, 5.74) is 1.30. The number of sulfone groups is 1. The van der Waals surface area contributed by atoms with Crippen LogP contribution in [0.4, 0.5) is 4.39 Å². The number of halogens is 1. The number of hydrogen-bond acceptors (Lipinski definition) is 7. The van der Waals surface area contributed by atoms with Crippen LogP contribution in [0, 0.1) is 17.3 Å². The normalized spacial score (nSPS) is 12.2. The van der Waals surface area contributed by atoms with Gasteiger partial charge in [0.1, 0.15) is 5.82 Å². The van der Waals surface area contributed by atoms with Crippen LogP contribution in [0.15, 0.2) is 81.4 Å². The van der Waals surface area contributed by atoms with Crippen LogP contribution >= 0.6 is 0 Å². The van der Waals surface area contributed by atoms with E-state index in [0.29, 0.717) is 35.1 Å². The van der Waals surface area contributed by atoms with Crippen LogP contribution in [0.25, 0.3) is 11.1 Å². The van der Waals surface area contributed by atoms with Gasteiger partial charge in [0.25, 0.3) is 5.56 Å². The molecule has 1 N–H and O–H groups in total. The molecule has 10 heteroatoms. The Balaban J connectivity index is 1.83. The zero-order chi connectivity index (χ0) is 27.4. The summed E-state index contributed by atoms with van der Waals surface area (Å²) in [6, 6.07) is 16.4. The van der Waals surface area contributed by atoms with Crippen molar-refractivity contribution in [2.45, 2.75) is 48.9 Å². The molecule has 0 saturated carbocycles. The van der Waals surface area contributed by atoms with Gasteiger partial charge in [-0.15, -0.1) is 0 Å². The van der Waals surface area contributed by atoms with Crippen LogP contribution in [0.5, 0.6) is 5.88 Å². The van der Waals surface area contributed by atoms with E-state index in [9.17, 15) is 28.0 Å². The highest BCUT2D eigenvalue weighted by Crippen LogP contribution is 2.29. The topological polar surface area (TPSA) is 126 Å². The number of pyridine rings is 1. The molecule has 1 atom stereocenters. The molecule has 0 amide bonds. The van der Waals surface area contributed by atoms with Crippen molar-refractivity contribution in [1.82, 2.24) is 14.5 Å². The summed E-state index contributed by atoms with van der Waals surface area (Å²) in [4.78, 5) is 20.5. The molecule has 4 rings (SSSR count). The zero-order valence-electron chi connectivity index (χ0n) is 20.8. The van der Waals surface area contributed by atoms with Gasteiger partial charge in [-0.3, -0.25) is 9.36 Å². The van der Waals surface area contributed by atoms with Gasteiger partial charge in [-0.25, -0.2) is 13.4 Å². The summed E-state index contributed by atoms with van der Waals surface area (Å²) in [7, 11) is -4.47. The molecule has 2 aromatic carbocycles. The Morgan fingerprint density at radius 3 is 2.45 bits per heavy atom. The van der Waals surface area contributed by atoms with Crippen molar-refractivity contribution in [2.24, 2.45) is 0 Å². The van der Waals surface area contributed by atoms with Gasteiger partial charge in [-0.2, -0.15) is 14.6 Å². The van der Waals surface area contributed by atoms with Gasteiger partial charge in [-0.05, 0) is 60.9 Å². The second kappa shape index (κ2) is 10.9. The van der Waals surface area contributed by atoms with E-state index < -0.39 is 38.2 Å². The Labute approximate surface area is 219 Å². The fraction of sp³-hybridized carbons (Fsp3) is 0.214. The molecule has 2 aromatic heterocycles. The van der Waals surface area contributed by atoms with E-state index in [1.165, 1.54) is 47.2 Å². The van der Waals surface area contributed by atoms with E-state index in [0.717, 1.165) is 6.42 Å². The Morgan fingerprint density at radius 1 is 1.11 bits per heavy atom. The van der Waals surface area contributed by atoms with E-state index in [2.05, 4.69) is 16.0 Å². The third-order valence-electron chi connectivity index (χ3n) is 6.26. The minimum Gasteiger partial charge on any atom is -0.492 e. The lowest BCUT2D eigenvalue weighted by Crippen LogP contribution is -2.32. The molecule has 4 aromatic rings. The number of nitriles is 1. The zero-order valence-corrected chi connectivity index (χ0v) is 21.6. The number of unbranched alkanes of at least 4 members (excludes halogenated alkanes) is 1. The third kappa shape index (κ3) is 5.19. The lowest BCUT2D eigenvalue weighted by molar-refractivity contribution is 0.412. The Bertz CT molecular complexity index is 1680. The molecule has 2 heterocycles. The highest BCUT2D eigenvalue weighted by molar-refractivity contribution is 7.91. The van der Waals surface area contributed by atoms with E-state index in [4.69, 9.17) is 0 Å². The molecule has 0 fully saturated rings. The van der Waals surface area contributed by atoms with Crippen molar-refractivity contribution >= 4 is 9.84 Å². The van der Waals surface area contributed by atoms with Crippen molar-refractivity contribution in [2.75, 3.05) is 0 Å². The number of aryl methyl sites for hydroxylation is 1. The average Bonchev–Trinajstić information content (AvgIpc) is 2.91. The van der Waals surface area contributed by atoms with Crippen LogP contribution < -0.4 is 5.56 Å². The molecule has 0 bridgehead atoms. The fourth-order valence-electron chi connectivity index (χ4n) is 4.20. The largest absolute Gasteiger partial charge is 0.492 e. The van der Waals surface area contributed by atoms with Crippen LogP contribution in [-0.2, 0) is 16.3 Å². The highest BCUT2D eigenvalue weighted by Gasteiger charge is 2.31. The summed E-state index contributed by atoms with van der Waals surface area (Å²) < 4.78 is 41.6. The molecule has 8 nitrogen and oxygen atoms in total. The van der Waals surface area contributed by atoms with Crippen LogP contribution in [0.3, 0.4) is 0 Å². The number of benzene rings is 2. The van der Waals surface area contributed by atoms with E-state index in [1.807, 2.05) is 6.92 Å². The van der Waals surface area contributed by atoms with Gasteiger partial charge in [0.15, 0.2) is 4.90 Å². The maximum atomic E-state index is 13.8. The molecule has 0 aliphatic heterocycles. The van der Waals surface area contributed by atoms with E-state index in [-0.39, 0.29) is 10.7 Å². The molecule has 1 unspecified atom stereocenters. The molecular weight excluding hydrogens is 507 g/mol. The first-order chi connectivity index (χ1) is 18.2.